The Hall–Kier alpha value is -0.300. The van der Waals surface area contributed by atoms with Crippen LogP contribution in [-0.4, -0.2) is 10.7 Å². The molecule has 70 valence electrons. The van der Waals surface area contributed by atoms with Crippen LogP contribution in [0.2, 0.25) is 0 Å². The third-order valence-electron chi connectivity index (χ3n) is 3.12. The van der Waals surface area contributed by atoms with E-state index in [4.69, 9.17) is 0 Å². The Morgan fingerprint density at radius 3 is 2.50 bits per heavy atom. The normalized spacial score (nSPS) is 34.7. The smallest absolute Gasteiger partial charge is 0.0679 e. The van der Waals surface area contributed by atoms with Crippen molar-refractivity contribution in [3.05, 3.63) is 12.2 Å². The molecule has 0 fully saturated rings. The fourth-order valence-electron chi connectivity index (χ4n) is 1.74. The van der Waals surface area contributed by atoms with Gasteiger partial charge in [-0.25, -0.2) is 0 Å². The average Bonchev–Trinajstić information content (AvgIpc) is 2.05. The second-order valence-corrected chi connectivity index (χ2v) is 4.26. The summed E-state index contributed by atoms with van der Waals surface area (Å²) in [5, 5.41) is 9.98. The fourth-order valence-corrected chi connectivity index (χ4v) is 1.74. The molecule has 0 aromatic rings. The molecule has 1 aliphatic carbocycles. The third kappa shape index (κ3) is 2.10. The first-order valence-electron chi connectivity index (χ1n) is 4.97. The molecule has 3 unspecified atom stereocenters. The predicted octanol–water partition coefficient (Wildman–Crippen LogP) is 2.75. The molecule has 12 heavy (non-hydrogen) atoms. The monoisotopic (exact) mass is 168 g/mol. The minimum Gasteiger partial charge on any atom is -0.390 e. The van der Waals surface area contributed by atoms with Crippen molar-refractivity contribution < 1.29 is 5.11 Å². The highest BCUT2D eigenvalue weighted by molar-refractivity contribution is 5.02. The van der Waals surface area contributed by atoms with Gasteiger partial charge in [0, 0.05) is 5.92 Å². The maximum absolute atomic E-state index is 9.98. The molecule has 0 aromatic carbocycles. The fraction of sp³-hybridized carbons (Fsp3) is 0.818. The van der Waals surface area contributed by atoms with E-state index in [1.165, 1.54) is 6.42 Å². The number of hydrogen-bond donors (Lipinski definition) is 1. The zero-order valence-electron chi connectivity index (χ0n) is 8.38. The van der Waals surface area contributed by atoms with Gasteiger partial charge in [-0.1, -0.05) is 26.0 Å². The van der Waals surface area contributed by atoms with E-state index in [0.717, 1.165) is 12.8 Å². The van der Waals surface area contributed by atoms with Crippen LogP contribution >= 0.6 is 0 Å². The van der Waals surface area contributed by atoms with Crippen LogP contribution in [0.3, 0.4) is 0 Å². The van der Waals surface area contributed by atoms with E-state index in [2.05, 4.69) is 19.1 Å². The van der Waals surface area contributed by atoms with Crippen molar-refractivity contribution in [2.45, 2.75) is 45.6 Å². The molecule has 0 saturated carbocycles. The predicted molar refractivity (Wildman–Crippen MR) is 51.9 cm³/mol. The summed E-state index contributed by atoms with van der Waals surface area (Å²) in [6, 6.07) is 0. The quantitative estimate of drug-likeness (QED) is 0.629. The van der Waals surface area contributed by atoms with Gasteiger partial charge in [0.1, 0.15) is 0 Å². The highest BCUT2D eigenvalue weighted by Gasteiger charge is 2.29. The molecule has 1 heteroatoms. The van der Waals surface area contributed by atoms with Crippen molar-refractivity contribution in [1.29, 1.82) is 0 Å². The third-order valence-corrected chi connectivity index (χ3v) is 3.12. The number of hydrogen-bond acceptors (Lipinski definition) is 1. The van der Waals surface area contributed by atoms with Crippen molar-refractivity contribution in [1.82, 2.24) is 0 Å². The van der Waals surface area contributed by atoms with Crippen LogP contribution in [0.1, 0.15) is 40.0 Å². The Kier molecular flexibility index (Phi) is 2.94. The summed E-state index contributed by atoms with van der Waals surface area (Å²) in [6.07, 6.45) is 7.63. The van der Waals surface area contributed by atoms with Gasteiger partial charge in [0.05, 0.1) is 5.60 Å². The molecule has 1 aliphatic rings. The summed E-state index contributed by atoms with van der Waals surface area (Å²) in [7, 11) is 0. The Morgan fingerprint density at radius 2 is 2.08 bits per heavy atom. The summed E-state index contributed by atoms with van der Waals surface area (Å²) in [5.41, 5.74) is -0.489. The molecule has 0 saturated heterocycles. The first kappa shape index (κ1) is 9.79. The molecule has 0 heterocycles. The number of rotatable bonds is 2. The van der Waals surface area contributed by atoms with Crippen molar-refractivity contribution in [3.8, 4) is 0 Å². The van der Waals surface area contributed by atoms with Gasteiger partial charge in [-0.2, -0.15) is 0 Å². The molecule has 0 amide bonds. The average molecular weight is 168 g/mol. The zero-order valence-corrected chi connectivity index (χ0v) is 8.38. The van der Waals surface area contributed by atoms with E-state index in [1.807, 2.05) is 13.8 Å². The van der Waals surface area contributed by atoms with E-state index < -0.39 is 5.60 Å². The van der Waals surface area contributed by atoms with Gasteiger partial charge in [0.25, 0.3) is 0 Å². The van der Waals surface area contributed by atoms with Crippen LogP contribution in [0.4, 0.5) is 0 Å². The summed E-state index contributed by atoms with van der Waals surface area (Å²) in [5.74, 6) is 1.08. The second-order valence-electron chi connectivity index (χ2n) is 4.26. The van der Waals surface area contributed by atoms with E-state index in [-0.39, 0.29) is 0 Å². The van der Waals surface area contributed by atoms with Gasteiger partial charge in [-0.15, -0.1) is 0 Å². The molecule has 0 radical (unpaired) electrons. The molecule has 1 rings (SSSR count). The van der Waals surface area contributed by atoms with Crippen molar-refractivity contribution in [3.63, 3.8) is 0 Å². The first-order chi connectivity index (χ1) is 5.56. The summed E-state index contributed by atoms with van der Waals surface area (Å²) < 4.78 is 0. The lowest BCUT2D eigenvalue weighted by atomic mass is 9.78. The lowest BCUT2D eigenvalue weighted by Crippen LogP contribution is -2.33. The van der Waals surface area contributed by atoms with Crippen molar-refractivity contribution >= 4 is 0 Å². The highest BCUT2D eigenvalue weighted by atomic mass is 16.3. The molecule has 0 aliphatic heterocycles. The van der Waals surface area contributed by atoms with Crippen molar-refractivity contribution in [2.24, 2.45) is 11.8 Å². The SMILES string of the molecule is CCC(C)(O)C1C=CC(C)CC1. The molecule has 0 aromatic heterocycles. The first-order valence-corrected chi connectivity index (χ1v) is 4.97. The maximum Gasteiger partial charge on any atom is 0.0679 e. The highest BCUT2D eigenvalue weighted by Crippen LogP contribution is 2.31. The molecule has 0 bridgehead atoms. The molecule has 1 nitrogen and oxygen atoms in total. The molecular weight excluding hydrogens is 148 g/mol. The van der Waals surface area contributed by atoms with Crippen LogP contribution < -0.4 is 0 Å². The van der Waals surface area contributed by atoms with Crippen LogP contribution in [0.15, 0.2) is 12.2 Å². The summed E-state index contributed by atoms with van der Waals surface area (Å²) >= 11 is 0. The Morgan fingerprint density at radius 1 is 1.42 bits per heavy atom. The van der Waals surface area contributed by atoms with Crippen LogP contribution in [-0.2, 0) is 0 Å². The number of aliphatic hydroxyl groups is 1. The van der Waals surface area contributed by atoms with Crippen molar-refractivity contribution in [2.75, 3.05) is 0 Å². The van der Waals surface area contributed by atoms with Gasteiger partial charge in [-0.05, 0) is 32.1 Å². The van der Waals surface area contributed by atoms with E-state index in [0.29, 0.717) is 11.8 Å². The van der Waals surface area contributed by atoms with Gasteiger partial charge >= 0.3 is 0 Å². The molecule has 3 atom stereocenters. The summed E-state index contributed by atoms with van der Waals surface area (Å²) in [4.78, 5) is 0. The van der Waals surface area contributed by atoms with E-state index in [9.17, 15) is 5.11 Å². The maximum atomic E-state index is 9.98. The number of allylic oxidation sites excluding steroid dienone is 1. The van der Waals surface area contributed by atoms with Gasteiger partial charge in [0.15, 0.2) is 0 Å². The van der Waals surface area contributed by atoms with Gasteiger partial charge in [0.2, 0.25) is 0 Å². The van der Waals surface area contributed by atoms with Crippen LogP contribution in [0.5, 0.6) is 0 Å². The van der Waals surface area contributed by atoms with Crippen LogP contribution in [0.25, 0.3) is 0 Å². The Bertz CT molecular complexity index is 170. The van der Waals surface area contributed by atoms with E-state index >= 15 is 0 Å². The zero-order chi connectivity index (χ0) is 9.19. The van der Waals surface area contributed by atoms with Gasteiger partial charge in [-0.3, -0.25) is 0 Å². The minimum atomic E-state index is -0.489. The lowest BCUT2D eigenvalue weighted by Gasteiger charge is -2.33. The minimum absolute atomic E-state index is 0.374. The lowest BCUT2D eigenvalue weighted by molar-refractivity contribution is 0.00747. The largest absolute Gasteiger partial charge is 0.390 e. The van der Waals surface area contributed by atoms with Crippen LogP contribution in [0, 0.1) is 11.8 Å². The topological polar surface area (TPSA) is 20.2 Å². The second kappa shape index (κ2) is 3.61. The molecule has 1 N–H and O–H groups in total. The van der Waals surface area contributed by atoms with E-state index in [1.54, 1.807) is 0 Å². The Balaban J connectivity index is 2.60. The summed E-state index contributed by atoms with van der Waals surface area (Å²) in [6.45, 7) is 6.22. The standard InChI is InChI=1S/C11H20O/c1-4-11(3,12)10-7-5-9(2)6-8-10/h5,7,9-10,12H,4,6,8H2,1-3H3. The molecule has 0 spiro atoms. The van der Waals surface area contributed by atoms with Gasteiger partial charge < -0.3 is 5.11 Å². The molecular formula is C11H20O. The Labute approximate surface area is 75.5 Å².